The molecule has 1 saturated heterocycles. The molecule has 3 heterocycles. The van der Waals surface area contributed by atoms with Gasteiger partial charge >= 0.3 is 0 Å². The van der Waals surface area contributed by atoms with Gasteiger partial charge in [-0.1, -0.05) is 6.07 Å². The molecule has 1 amide bonds. The van der Waals surface area contributed by atoms with E-state index in [1.165, 1.54) is 6.42 Å². The Morgan fingerprint density at radius 2 is 2.04 bits per heavy atom. The zero-order valence-corrected chi connectivity index (χ0v) is 15.5. The largest absolute Gasteiger partial charge is 0.339 e. The van der Waals surface area contributed by atoms with Gasteiger partial charge in [0.2, 0.25) is 0 Å². The summed E-state index contributed by atoms with van der Waals surface area (Å²) in [7, 11) is 2.00. The minimum Gasteiger partial charge on any atom is -0.339 e. The zero-order valence-electron chi connectivity index (χ0n) is 15.5. The van der Waals surface area contributed by atoms with Gasteiger partial charge in [-0.25, -0.2) is 4.98 Å². The Morgan fingerprint density at radius 1 is 1.28 bits per heavy atom. The SMILES string of the molecule is CNCCC1CCN(C(=O)c2cc(C)n(-c3ccccn3)c2C)CC1. The number of likely N-dealkylation sites (tertiary alicyclic amines) is 1. The van der Waals surface area contributed by atoms with Crippen LogP contribution in [-0.4, -0.2) is 47.0 Å². The number of carbonyl (C=O) groups is 1. The average Bonchev–Trinajstić information content (AvgIpc) is 2.95. The maximum atomic E-state index is 13.0. The van der Waals surface area contributed by atoms with E-state index in [9.17, 15) is 4.79 Å². The van der Waals surface area contributed by atoms with Crippen molar-refractivity contribution < 1.29 is 4.79 Å². The van der Waals surface area contributed by atoms with Crippen molar-refractivity contribution in [2.75, 3.05) is 26.7 Å². The van der Waals surface area contributed by atoms with Crippen molar-refractivity contribution in [2.24, 2.45) is 5.92 Å². The van der Waals surface area contributed by atoms with E-state index in [0.29, 0.717) is 0 Å². The number of nitrogens with one attached hydrogen (secondary N) is 1. The first-order valence-electron chi connectivity index (χ1n) is 9.16. The van der Waals surface area contributed by atoms with E-state index in [1.807, 2.05) is 50.1 Å². The number of nitrogens with zero attached hydrogens (tertiary/aromatic N) is 3. The van der Waals surface area contributed by atoms with E-state index >= 15 is 0 Å². The van der Waals surface area contributed by atoms with Crippen LogP contribution in [0.2, 0.25) is 0 Å². The van der Waals surface area contributed by atoms with Crippen LogP contribution >= 0.6 is 0 Å². The Balaban J connectivity index is 1.74. The van der Waals surface area contributed by atoms with Crippen LogP contribution in [0.25, 0.3) is 5.82 Å². The number of hydrogen-bond acceptors (Lipinski definition) is 3. The molecule has 2 aromatic rings. The molecule has 0 spiro atoms. The van der Waals surface area contributed by atoms with Gasteiger partial charge < -0.3 is 14.8 Å². The van der Waals surface area contributed by atoms with Crippen LogP contribution in [0.1, 0.15) is 41.0 Å². The van der Waals surface area contributed by atoms with Gasteiger partial charge in [-0.2, -0.15) is 0 Å². The molecule has 25 heavy (non-hydrogen) atoms. The van der Waals surface area contributed by atoms with E-state index in [2.05, 4.69) is 14.9 Å². The average molecular weight is 340 g/mol. The molecule has 1 N–H and O–H groups in total. The normalized spacial score (nSPS) is 15.6. The summed E-state index contributed by atoms with van der Waals surface area (Å²) in [6, 6.07) is 7.85. The molecule has 0 aliphatic carbocycles. The fourth-order valence-corrected chi connectivity index (χ4v) is 3.76. The van der Waals surface area contributed by atoms with Gasteiger partial charge in [-0.3, -0.25) is 4.79 Å². The number of rotatable bonds is 5. The van der Waals surface area contributed by atoms with Crippen molar-refractivity contribution in [1.82, 2.24) is 19.8 Å². The number of amides is 1. The Hall–Kier alpha value is -2.14. The van der Waals surface area contributed by atoms with Crippen LogP contribution in [0.5, 0.6) is 0 Å². The number of carbonyl (C=O) groups excluding carboxylic acids is 1. The maximum absolute atomic E-state index is 13.0. The second kappa shape index (κ2) is 7.83. The molecule has 5 nitrogen and oxygen atoms in total. The molecule has 0 radical (unpaired) electrons. The van der Waals surface area contributed by atoms with Gasteiger partial charge in [0.1, 0.15) is 5.82 Å². The van der Waals surface area contributed by atoms with Gasteiger partial charge in [0.25, 0.3) is 5.91 Å². The van der Waals surface area contributed by atoms with Crippen LogP contribution in [0.3, 0.4) is 0 Å². The van der Waals surface area contributed by atoms with Crippen molar-refractivity contribution in [1.29, 1.82) is 0 Å². The molecule has 0 bridgehead atoms. The number of aryl methyl sites for hydroxylation is 1. The van der Waals surface area contributed by atoms with Crippen LogP contribution < -0.4 is 5.32 Å². The Bertz CT molecular complexity index is 715. The fraction of sp³-hybridized carbons (Fsp3) is 0.500. The zero-order chi connectivity index (χ0) is 17.8. The summed E-state index contributed by atoms with van der Waals surface area (Å²) < 4.78 is 2.06. The summed E-state index contributed by atoms with van der Waals surface area (Å²) in [5, 5.41) is 3.22. The number of pyridine rings is 1. The number of piperidine rings is 1. The summed E-state index contributed by atoms with van der Waals surface area (Å²) in [5.41, 5.74) is 2.82. The fourth-order valence-electron chi connectivity index (χ4n) is 3.76. The first-order chi connectivity index (χ1) is 12.1. The molecule has 5 heteroatoms. The summed E-state index contributed by atoms with van der Waals surface area (Å²) >= 11 is 0. The summed E-state index contributed by atoms with van der Waals surface area (Å²) in [6.45, 7) is 6.82. The van der Waals surface area contributed by atoms with Crippen LogP contribution in [0, 0.1) is 19.8 Å². The maximum Gasteiger partial charge on any atom is 0.255 e. The van der Waals surface area contributed by atoms with E-state index < -0.39 is 0 Å². The van der Waals surface area contributed by atoms with E-state index in [0.717, 1.165) is 61.2 Å². The standard InChI is InChI=1S/C20H28N4O/c1-15-14-18(16(2)24(15)19-6-4-5-10-22-19)20(25)23-12-8-17(9-13-23)7-11-21-3/h4-6,10,14,17,21H,7-9,11-13H2,1-3H3. The first kappa shape index (κ1) is 17.7. The summed E-state index contributed by atoms with van der Waals surface area (Å²) in [5.74, 6) is 1.75. The third-order valence-electron chi connectivity index (χ3n) is 5.24. The van der Waals surface area contributed by atoms with Gasteiger partial charge in [-0.15, -0.1) is 0 Å². The molecule has 2 aromatic heterocycles. The molecular weight excluding hydrogens is 312 g/mol. The molecule has 0 saturated carbocycles. The van der Waals surface area contributed by atoms with Gasteiger partial charge in [0.05, 0.1) is 5.56 Å². The third-order valence-corrected chi connectivity index (χ3v) is 5.24. The topological polar surface area (TPSA) is 50.2 Å². The predicted molar refractivity (Wildman–Crippen MR) is 100 cm³/mol. The number of hydrogen-bond donors (Lipinski definition) is 1. The highest BCUT2D eigenvalue weighted by Gasteiger charge is 2.26. The second-order valence-corrected chi connectivity index (χ2v) is 6.94. The Morgan fingerprint density at radius 3 is 2.68 bits per heavy atom. The van der Waals surface area contributed by atoms with Gasteiger partial charge in [0.15, 0.2) is 0 Å². The summed E-state index contributed by atoms with van der Waals surface area (Å²) in [4.78, 5) is 19.5. The van der Waals surface area contributed by atoms with Crippen LogP contribution in [-0.2, 0) is 0 Å². The van der Waals surface area contributed by atoms with E-state index in [1.54, 1.807) is 6.20 Å². The van der Waals surface area contributed by atoms with Gasteiger partial charge in [-0.05, 0) is 70.8 Å². The number of aromatic nitrogens is 2. The molecule has 0 unspecified atom stereocenters. The molecule has 0 atom stereocenters. The third kappa shape index (κ3) is 3.76. The Kier molecular flexibility index (Phi) is 5.53. The van der Waals surface area contributed by atoms with E-state index in [4.69, 9.17) is 0 Å². The predicted octanol–water partition coefficient (Wildman–Crippen LogP) is 2.95. The lowest BCUT2D eigenvalue weighted by molar-refractivity contribution is 0.0686. The monoisotopic (exact) mass is 340 g/mol. The Labute approximate surface area is 150 Å². The minimum atomic E-state index is 0.155. The highest BCUT2D eigenvalue weighted by Crippen LogP contribution is 2.25. The minimum absolute atomic E-state index is 0.155. The van der Waals surface area contributed by atoms with Crippen molar-refractivity contribution >= 4 is 5.91 Å². The molecule has 1 fully saturated rings. The smallest absolute Gasteiger partial charge is 0.255 e. The molecule has 1 aliphatic heterocycles. The van der Waals surface area contributed by atoms with Crippen LogP contribution in [0.15, 0.2) is 30.5 Å². The van der Waals surface area contributed by atoms with E-state index in [-0.39, 0.29) is 5.91 Å². The molecule has 0 aromatic carbocycles. The first-order valence-corrected chi connectivity index (χ1v) is 9.16. The lowest BCUT2D eigenvalue weighted by atomic mass is 9.93. The lowest BCUT2D eigenvalue weighted by Gasteiger charge is -2.32. The van der Waals surface area contributed by atoms with Crippen molar-refractivity contribution in [3.8, 4) is 5.82 Å². The lowest BCUT2D eigenvalue weighted by Crippen LogP contribution is -2.39. The highest BCUT2D eigenvalue weighted by atomic mass is 16.2. The molecular formula is C20H28N4O. The molecule has 134 valence electrons. The highest BCUT2D eigenvalue weighted by molar-refractivity contribution is 5.96. The van der Waals surface area contributed by atoms with Gasteiger partial charge in [0, 0.05) is 30.7 Å². The molecule has 1 aliphatic rings. The van der Waals surface area contributed by atoms with Crippen molar-refractivity contribution in [3.63, 3.8) is 0 Å². The quantitative estimate of drug-likeness (QED) is 0.910. The summed E-state index contributed by atoms with van der Waals surface area (Å²) in [6.07, 6.45) is 5.19. The van der Waals surface area contributed by atoms with Crippen molar-refractivity contribution in [2.45, 2.75) is 33.1 Å². The molecule has 3 rings (SSSR count). The van der Waals surface area contributed by atoms with Crippen LogP contribution in [0.4, 0.5) is 0 Å². The van der Waals surface area contributed by atoms with Crippen molar-refractivity contribution in [3.05, 3.63) is 47.4 Å². The second-order valence-electron chi connectivity index (χ2n) is 6.94.